The molecule has 2 aromatic carbocycles. The van der Waals surface area contributed by atoms with Crippen LogP contribution in [0.15, 0.2) is 52.3 Å². The van der Waals surface area contributed by atoms with E-state index in [4.69, 9.17) is 10.5 Å². The van der Waals surface area contributed by atoms with Gasteiger partial charge in [0.25, 0.3) is 0 Å². The van der Waals surface area contributed by atoms with E-state index >= 15 is 0 Å². The van der Waals surface area contributed by atoms with Crippen LogP contribution >= 0.6 is 0 Å². The van der Waals surface area contributed by atoms with Gasteiger partial charge in [0.05, 0.1) is 22.0 Å². The molecule has 0 aliphatic rings. The van der Waals surface area contributed by atoms with Crippen molar-refractivity contribution in [3.05, 3.63) is 59.2 Å². The van der Waals surface area contributed by atoms with Gasteiger partial charge in [-0.15, -0.1) is 0 Å². The zero-order valence-corrected chi connectivity index (χ0v) is 15.3. The van der Waals surface area contributed by atoms with Gasteiger partial charge in [-0.05, 0) is 74.7 Å². The Bertz CT molecular complexity index is 842. The van der Waals surface area contributed by atoms with Crippen molar-refractivity contribution >= 4 is 15.8 Å². The van der Waals surface area contributed by atoms with Crippen molar-refractivity contribution in [2.45, 2.75) is 36.5 Å². The van der Waals surface area contributed by atoms with Gasteiger partial charge in [0.2, 0.25) is 9.84 Å². The van der Waals surface area contributed by atoms with Crippen LogP contribution in [-0.4, -0.2) is 27.5 Å². The monoisotopic (exact) mass is 361 g/mol. The molecule has 6 heteroatoms. The molecule has 0 aliphatic carbocycles. The van der Waals surface area contributed by atoms with Crippen LogP contribution in [0.2, 0.25) is 0 Å². The summed E-state index contributed by atoms with van der Waals surface area (Å²) in [6.45, 7) is 4.30. The van der Waals surface area contributed by atoms with Crippen LogP contribution < -0.4 is 5.73 Å². The standard InChI is InChI=1S/C19H23NO4S/c1-3-24-19(21)18-11-10-17(13-14(18)2)25(22,23)16-8-6-15(7-9-16)5-4-12-20/h6-11,13H,3-5,12,20H2,1-2H3. The molecule has 0 bridgehead atoms. The zero-order chi connectivity index (χ0) is 18.4. The van der Waals surface area contributed by atoms with E-state index in [1.54, 1.807) is 26.0 Å². The molecule has 2 aromatic rings. The summed E-state index contributed by atoms with van der Waals surface area (Å²) in [6.07, 6.45) is 1.69. The Morgan fingerprint density at radius 2 is 1.72 bits per heavy atom. The summed E-state index contributed by atoms with van der Waals surface area (Å²) >= 11 is 0. The molecular formula is C19H23NO4S. The fraction of sp³-hybridized carbons (Fsp3) is 0.316. The number of rotatable bonds is 7. The molecule has 0 fully saturated rings. The van der Waals surface area contributed by atoms with Crippen molar-refractivity contribution in [1.82, 2.24) is 0 Å². The number of carbonyl (C=O) groups is 1. The van der Waals surface area contributed by atoms with Crippen molar-refractivity contribution in [1.29, 1.82) is 0 Å². The number of esters is 1. The number of nitrogens with two attached hydrogens (primary N) is 1. The van der Waals surface area contributed by atoms with Crippen LogP contribution in [0.4, 0.5) is 0 Å². The molecule has 2 rings (SSSR count). The van der Waals surface area contributed by atoms with Crippen molar-refractivity contribution in [2.75, 3.05) is 13.2 Å². The third kappa shape index (κ3) is 4.46. The van der Waals surface area contributed by atoms with E-state index < -0.39 is 15.8 Å². The zero-order valence-electron chi connectivity index (χ0n) is 14.5. The number of hydrogen-bond donors (Lipinski definition) is 1. The quantitative estimate of drug-likeness (QED) is 0.766. The number of hydrogen-bond acceptors (Lipinski definition) is 5. The lowest BCUT2D eigenvalue weighted by molar-refractivity contribution is 0.0525. The van der Waals surface area contributed by atoms with E-state index in [2.05, 4.69) is 0 Å². The first-order valence-electron chi connectivity index (χ1n) is 8.22. The van der Waals surface area contributed by atoms with Gasteiger partial charge in [-0.25, -0.2) is 13.2 Å². The van der Waals surface area contributed by atoms with Gasteiger partial charge in [-0.1, -0.05) is 12.1 Å². The molecule has 2 N–H and O–H groups in total. The molecule has 0 radical (unpaired) electrons. The number of sulfone groups is 1. The van der Waals surface area contributed by atoms with Gasteiger partial charge in [0.1, 0.15) is 0 Å². The smallest absolute Gasteiger partial charge is 0.338 e. The molecule has 25 heavy (non-hydrogen) atoms. The van der Waals surface area contributed by atoms with Crippen LogP contribution in [-0.2, 0) is 21.0 Å². The first-order valence-corrected chi connectivity index (χ1v) is 9.70. The SMILES string of the molecule is CCOC(=O)c1ccc(S(=O)(=O)c2ccc(CCCN)cc2)cc1C. The summed E-state index contributed by atoms with van der Waals surface area (Å²) in [7, 11) is -3.63. The molecule has 0 saturated carbocycles. The van der Waals surface area contributed by atoms with Crippen molar-refractivity contribution < 1.29 is 17.9 Å². The van der Waals surface area contributed by atoms with Crippen molar-refractivity contribution in [3.8, 4) is 0 Å². The van der Waals surface area contributed by atoms with Gasteiger partial charge in [-0.2, -0.15) is 0 Å². The lowest BCUT2D eigenvalue weighted by atomic mass is 10.1. The lowest BCUT2D eigenvalue weighted by Gasteiger charge is -2.10. The third-order valence-corrected chi connectivity index (χ3v) is 5.67. The molecule has 0 heterocycles. The number of benzene rings is 2. The summed E-state index contributed by atoms with van der Waals surface area (Å²) in [4.78, 5) is 12.2. The minimum atomic E-state index is -3.63. The minimum absolute atomic E-state index is 0.160. The van der Waals surface area contributed by atoms with Crippen LogP contribution in [0, 0.1) is 6.92 Å². The average molecular weight is 361 g/mol. The fourth-order valence-electron chi connectivity index (χ4n) is 2.52. The van der Waals surface area contributed by atoms with Gasteiger partial charge < -0.3 is 10.5 Å². The Morgan fingerprint density at radius 1 is 1.08 bits per heavy atom. The van der Waals surface area contributed by atoms with Crippen LogP contribution in [0.3, 0.4) is 0 Å². The first-order chi connectivity index (χ1) is 11.9. The molecule has 0 saturated heterocycles. The number of carbonyl (C=O) groups excluding carboxylic acids is 1. The molecule has 0 spiro atoms. The Morgan fingerprint density at radius 3 is 2.28 bits per heavy atom. The predicted octanol–water partition coefficient (Wildman–Crippen LogP) is 2.90. The van der Waals surface area contributed by atoms with Crippen molar-refractivity contribution in [3.63, 3.8) is 0 Å². The highest BCUT2D eigenvalue weighted by atomic mass is 32.2. The van der Waals surface area contributed by atoms with E-state index in [1.807, 2.05) is 12.1 Å². The topological polar surface area (TPSA) is 86.5 Å². The van der Waals surface area contributed by atoms with E-state index in [9.17, 15) is 13.2 Å². The van der Waals surface area contributed by atoms with E-state index in [1.165, 1.54) is 18.2 Å². The Kier molecular flexibility index (Phi) is 6.33. The van der Waals surface area contributed by atoms with Crippen LogP contribution in [0.1, 0.15) is 34.8 Å². The minimum Gasteiger partial charge on any atom is -0.462 e. The molecule has 0 atom stereocenters. The first kappa shape index (κ1) is 19.1. The van der Waals surface area contributed by atoms with Gasteiger partial charge >= 0.3 is 5.97 Å². The number of ether oxygens (including phenoxy) is 1. The summed E-state index contributed by atoms with van der Waals surface area (Å²) < 4.78 is 30.5. The van der Waals surface area contributed by atoms with Crippen LogP contribution in [0.5, 0.6) is 0 Å². The van der Waals surface area contributed by atoms with Crippen molar-refractivity contribution in [2.24, 2.45) is 5.73 Å². The predicted molar refractivity (Wildman–Crippen MR) is 96.4 cm³/mol. The molecule has 0 aromatic heterocycles. The van der Waals surface area contributed by atoms with Crippen LogP contribution in [0.25, 0.3) is 0 Å². The normalized spacial score (nSPS) is 11.3. The largest absolute Gasteiger partial charge is 0.462 e. The Labute approximate surface area is 148 Å². The highest BCUT2D eigenvalue weighted by molar-refractivity contribution is 7.91. The summed E-state index contributed by atoms with van der Waals surface area (Å²) in [5.74, 6) is -0.451. The molecule has 0 unspecified atom stereocenters. The maximum absolute atomic E-state index is 12.8. The second kappa shape index (κ2) is 8.27. The van der Waals surface area contributed by atoms with E-state index in [0.29, 0.717) is 17.7 Å². The maximum Gasteiger partial charge on any atom is 0.338 e. The second-order valence-electron chi connectivity index (χ2n) is 5.74. The molecule has 134 valence electrons. The number of aryl methyl sites for hydroxylation is 2. The third-order valence-electron chi connectivity index (χ3n) is 3.91. The van der Waals surface area contributed by atoms with Gasteiger partial charge in [-0.3, -0.25) is 0 Å². The van der Waals surface area contributed by atoms with Gasteiger partial charge in [0, 0.05) is 0 Å². The summed E-state index contributed by atoms with van der Waals surface area (Å²) in [5.41, 5.74) is 7.48. The summed E-state index contributed by atoms with van der Waals surface area (Å²) in [5, 5.41) is 0. The lowest BCUT2D eigenvalue weighted by Crippen LogP contribution is -2.09. The van der Waals surface area contributed by atoms with Gasteiger partial charge in [0.15, 0.2) is 0 Å². The average Bonchev–Trinajstić information content (AvgIpc) is 2.60. The molecular weight excluding hydrogens is 338 g/mol. The fourth-order valence-corrected chi connectivity index (χ4v) is 3.86. The Balaban J connectivity index is 2.30. The highest BCUT2D eigenvalue weighted by Crippen LogP contribution is 2.24. The highest BCUT2D eigenvalue weighted by Gasteiger charge is 2.20. The molecule has 5 nitrogen and oxygen atoms in total. The van der Waals surface area contributed by atoms with E-state index in [-0.39, 0.29) is 16.4 Å². The Hall–Kier alpha value is -2.18. The second-order valence-corrected chi connectivity index (χ2v) is 7.69. The van der Waals surface area contributed by atoms with E-state index in [0.717, 1.165) is 18.4 Å². The maximum atomic E-state index is 12.8. The summed E-state index contributed by atoms with van der Waals surface area (Å²) in [6, 6.07) is 11.3. The molecule has 0 aliphatic heterocycles. The molecule has 0 amide bonds.